The molecule has 0 bridgehead atoms. The molecule has 1 saturated heterocycles. The summed E-state index contributed by atoms with van der Waals surface area (Å²) in [6, 6.07) is 14.4. The number of hydrogen-bond donors (Lipinski definition) is 2. The van der Waals surface area contributed by atoms with Crippen LogP contribution in [0.2, 0.25) is 5.02 Å². The number of halogens is 2. The quantitative estimate of drug-likeness (QED) is 0.885. The van der Waals surface area contributed by atoms with Crippen LogP contribution in [-0.4, -0.2) is 35.2 Å². The highest BCUT2D eigenvalue weighted by Gasteiger charge is 2.35. The van der Waals surface area contributed by atoms with E-state index in [0.717, 1.165) is 17.7 Å². The molecule has 1 heterocycles. The van der Waals surface area contributed by atoms with E-state index in [1.807, 2.05) is 30.3 Å². The molecule has 24 heavy (non-hydrogen) atoms. The normalized spacial score (nSPS) is 20.9. The van der Waals surface area contributed by atoms with Gasteiger partial charge in [0.1, 0.15) is 5.82 Å². The van der Waals surface area contributed by atoms with Crippen LogP contribution in [0.15, 0.2) is 48.5 Å². The molecule has 0 unspecified atom stereocenters. The first-order valence-electron chi connectivity index (χ1n) is 7.73. The molecule has 0 saturated carbocycles. The fourth-order valence-electron chi connectivity index (χ4n) is 3.24. The van der Waals surface area contributed by atoms with Gasteiger partial charge >= 0.3 is 6.09 Å². The van der Waals surface area contributed by atoms with Crippen molar-refractivity contribution in [3.05, 3.63) is 70.5 Å². The predicted molar refractivity (Wildman–Crippen MR) is 90.8 cm³/mol. The Bertz CT molecular complexity index is 726. The van der Waals surface area contributed by atoms with E-state index in [0.29, 0.717) is 13.1 Å². The van der Waals surface area contributed by atoms with Gasteiger partial charge in [-0.05, 0) is 23.3 Å². The molecule has 1 amide bonds. The number of nitrogens with one attached hydrogen (secondary N) is 1. The first kappa shape index (κ1) is 16.7. The van der Waals surface area contributed by atoms with E-state index in [1.165, 1.54) is 12.1 Å². The number of amides is 1. The minimum atomic E-state index is -1.07. The smallest absolute Gasteiger partial charge is 0.404 e. The number of hydrogen-bond acceptors (Lipinski definition) is 2. The van der Waals surface area contributed by atoms with Crippen LogP contribution in [-0.2, 0) is 6.54 Å². The lowest BCUT2D eigenvalue weighted by Gasteiger charge is -2.18. The number of rotatable bonds is 4. The van der Waals surface area contributed by atoms with Crippen LogP contribution in [0, 0.1) is 5.82 Å². The summed E-state index contributed by atoms with van der Waals surface area (Å²) in [5.41, 5.74) is 1.92. The number of likely N-dealkylation sites (tertiary alicyclic amines) is 1. The molecular weight excluding hydrogens is 331 g/mol. The van der Waals surface area contributed by atoms with E-state index < -0.39 is 11.9 Å². The molecular formula is C18H18ClFN2O2. The van der Waals surface area contributed by atoms with E-state index in [4.69, 9.17) is 16.7 Å². The Morgan fingerprint density at radius 1 is 1.25 bits per heavy atom. The SMILES string of the molecule is O=C(O)N[C@@H]1CN(Cc2ccccc2)C[C@H]1c1ccc(Cl)c(F)c1. The highest BCUT2D eigenvalue weighted by Crippen LogP contribution is 2.30. The maximum Gasteiger partial charge on any atom is 0.404 e. The van der Waals surface area contributed by atoms with Gasteiger partial charge in [0.2, 0.25) is 0 Å². The van der Waals surface area contributed by atoms with Crippen LogP contribution in [0.25, 0.3) is 0 Å². The zero-order valence-electron chi connectivity index (χ0n) is 13.0. The summed E-state index contributed by atoms with van der Waals surface area (Å²) in [6.07, 6.45) is -1.07. The fourth-order valence-corrected chi connectivity index (χ4v) is 3.36. The first-order valence-corrected chi connectivity index (χ1v) is 8.11. The maximum absolute atomic E-state index is 13.8. The number of nitrogens with zero attached hydrogens (tertiary/aromatic N) is 1. The minimum absolute atomic E-state index is 0.0700. The number of carbonyl (C=O) groups is 1. The van der Waals surface area contributed by atoms with Crippen LogP contribution in [0.3, 0.4) is 0 Å². The summed E-state index contributed by atoms with van der Waals surface area (Å²) < 4.78 is 13.8. The summed E-state index contributed by atoms with van der Waals surface area (Å²) in [5, 5.41) is 11.7. The van der Waals surface area contributed by atoms with Crippen molar-refractivity contribution in [1.82, 2.24) is 10.2 Å². The second kappa shape index (κ2) is 7.20. The van der Waals surface area contributed by atoms with Gasteiger partial charge in [-0.1, -0.05) is 48.0 Å². The van der Waals surface area contributed by atoms with Crippen molar-refractivity contribution >= 4 is 17.7 Å². The van der Waals surface area contributed by atoms with Gasteiger partial charge in [0.15, 0.2) is 0 Å². The molecule has 1 aliphatic heterocycles. The van der Waals surface area contributed by atoms with Crippen LogP contribution >= 0.6 is 11.6 Å². The molecule has 0 aliphatic carbocycles. The van der Waals surface area contributed by atoms with Crippen molar-refractivity contribution in [2.24, 2.45) is 0 Å². The summed E-state index contributed by atoms with van der Waals surface area (Å²) in [4.78, 5) is 13.3. The summed E-state index contributed by atoms with van der Waals surface area (Å²) in [5.74, 6) is -0.596. The highest BCUT2D eigenvalue weighted by molar-refractivity contribution is 6.30. The zero-order valence-corrected chi connectivity index (χ0v) is 13.7. The average Bonchev–Trinajstić information content (AvgIpc) is 2.92. The highest BCUT2D eigenvalue weighted by atomic mass is 35.5. The standard InChI is InChI=1S/C18H18ClFN2O2/c19-15-7-6-13(8-16(15)20)14-10-22(11-17(14)21-18(23)24)9-12-4-2-1-3-5-12/h1-8,14,17,21H,9-11H2,(H,23,24)/t14-,17+/m0/s1. The molecule has 0 aromatic heterocycles. The Morgan fingerprint density at radius 2 is 2.00 bits per heavy atom. The maximum atomic E-state index is 13.8. The van der Waals surface area contributed by atoms with Crippen molar-refractivity contribution in [1.29, 1.82) is 0 Å². The van der Waals surface area contributed by atoms with Gasteiger partial charge in [-0.25, -0.2) is 9.18 Å². The van der Waals surface area contributed by atoms with Crippen molar-refractivity contribution in [3.63, 3.8) is 0 Å². The molecule has 1 aliphatic rings. The van der Waals surface area contributed by atoms with Gasteiger partial charge < -0.3 is 10.4 Å². The monoisotopic (exact) mass is 348 g/mol. The van der Waals surface area contributed by atoms with Crippen LogP contribution in [0.5, 0.6) is 0 Å². The van der Waals surface area contributed by atoms with Crippen molar-refractivity contribution in [2.45, 2.75) is 18.5 Å². The summed E-state index contributed by atoms with van der Waals surface area (Å²) in [7, 11) is 0. The van der Waals surface area contributed by atoms with E-state index >= 15 is 0 Å². The van der Waals surface area contributed by atoms with Gasteiger partial charge in [0, 0.05) is 25.6 Å². The Balaban J connectivity index is 1.79. The van der Waals surface area contributed by atoms with Gasteiger partial charge in [-0.2, -0.15) is 0 Å². The minimum Gasteiger partial charge on any atom is -0.465 e. The second-order valence-electron chi connectivity index (χ2n) is 6.02. The van der Waals surface area contributed by atoms with Gasteiger partial charge in [0.05, 0.1) is 11.1 Å². The lowest BCUT2D eigenvalue weighted by molar-refractivity contribution is 0.188. The Labute approximate surface area is 144 Å². The zero-order chi connectivity index (χ0) is 17.1. The molecule has 6 heteroatoms. The number of benzene rings is 2. The lowest BCUT2D eigenvalue weighted by atomic mass is 9.94. The Hall–Kier alpha value is -2.11. The molecule has 0 spiro atoms. The molecule has 4 nitrogen and oxygen atoms in total. The lowest BCUT2D eigenvalue weighted by Crippen LogP contribution is -2.38. The third-order valence-electron chi connectivity index (χ3n) is 4.33. The predicted octanol–water partition coefficient (Wildman–Crippen LogP) is 3.71. The third kappa shape index (κ3) is 3.86. The average molecular weight is 349 g/mol. The van der Waals surface area contributed by atoms with Crippen molar-refractivity contribution < 1.29 is 14.3 Å². The fraction of sp³-hybridized carbons (Fsp3) is 0.278. The van der Waals surface area contributed by atoms with Gasteiger partial charge in [-0.3, -0.25) is 4.90 Å². The van der Waals surface area contributed by atoms with Crippen molar-refractivity contribution in [2.75, 3.05) is 13.1 Å². The summed E-state index contributed by atoms with van der Waals surface area (Å²) in [6.45, 7) is 1.96. The van der Waals surface area contributed by atoms with E-state index in [1.54, 1.807) is 6.07 Å². The third-order valence-corrected chi connectivity index (χ3v) is 4.63. The topological polar surface area (TPSA) is 52.6 Å². The van der Waals surface area contributed by atoms with E-state index in [9.17, 15) is 9.18 Å². The molecule has 1 fully saturated rings. The largest absolute Gasteiger partial charge is 0.465 e. The first-order chi connectivity index (χ1) is 11.5. The molecule has 2 aromatic rings. The van der Waals surface area contributed by atoms with Gasteiger partial charge in [0.25, 0.3) is 0 Å². The molecule has 2 aromatic carbocycles. The van der Waals surface area contributed by atoms with Crippen LogP contribution in [0.1, 0.15) is 17.0 Å². The van der Waals surface area contributed by atoms with Crippen molar-refractivity contribution in [3.8, 4) is 0 Å². The molecule has 126 valence electrons. The second-order valence-corrected chi connectivity index (χ2v) is 6.42. The molecule has 0 radical (unpaired) electrons. The van der Waals surface area contributed by atoms with E-state index in [-0.39, 0.29) is 17.0 Å². The molecule has 2 atom stereocenters. The number of carboxylic acid groups (broad SMARTS) is 1. The van der Waals surface area contributed by atoms with Crippen LogP contribution in [0.4, 0.5) is 9.18 Å². The Kier molecular flexibility index (Phi) is 5.02. The molecule has 2 N–H and O–H groups in total. The van der Waals surface area contributed by atoms with E-state index in [2.05, 4.69) is 10.2 Å². The van der Waals surface area contributed by atoms with Crippen LogP contribution < -0.4 is 5.32 Å². The Morgan fingerprint density at radius 3 is 2.67 bits per heavy atom. The van der Waals surface area contributed by atoms with Gasteiger partial charge in [-0.15, -0.1) is 0 Å². The summed E-state index contributed by atoms with van der Waals surface area (Å²) >= 11 is 5.75. The molecule has 3 rings (SSSR count).